The molecule has 0 atom stereocenters. The van der Waals surface area contributed by atoms with Crippen molar-refractivity contribution >= 4 is 12.2 Å². The molecule has 0 aromatic heterocycles. The lowest BCUT2D eigenvalue weighted by Crippen LogP contribution is -1.67. The van der Waals surface area contributed by atoms with Crippen molar-refractivity contribution in [3.8, 4) is 5.75 Å². The first kappa shape index (κ1) is 12.8. The summed E-state index contributed by atoms with van der Waals surface area (Å²) in [5.41, 5.74) is 2.11. The molecule has 0 bridgehead atoms. The predicted octanol–water partition coefficient (Wildman–Crippen LogP) is 4.36. The van der Waals surface area contributed by atoms with Crippen LogP contribution in [0.4, 0.5) is 0 Å². The van der Waals surface area contributed by atoms with E-state index in [1.807, 2.05) is 42.5 Å². The van der Waals surface area contributed by atoms with Crippen molar-refractivity contribution in [1.82, 2.24) is 0 Å². The lowest BCUT2D eigenvalue weighted by Gasteiger charge is -1.91. The largest absolute Gasteiger partial charge is 0.508 e. The van der Waals surface area contributed by atoms with Gasteiger partial charge in [-0.3, -0.25) is 0 Å². The van der Waals surface area contributed by atoms with E-state index in [4.69, 9.17) is 5.11 Å². The molecule has 2 aromatic carbocycles. The molecule has 0 amide bonds. The molecular weight excluding hydrogens is 208 g/mol. The third-order valence-electron chi connectivity index (χ3n) is 2.14. The highest BCUT2D eigenvalue weighted by Gasteiger charge is 1.85. The van der Waals surface area contributed by atoms with Gasteiger partial charge in [0.1, 0.15) is 5.75 Å². The van der Waals surface area contributed by atoms with Gasteiger partial charge in [0.2, 0.25) is 0 Å². The number of phenolic OH excluding ortho intramolecular Hbond substituents is 1. The average molecular weight is 224 g/mol. The fraction of sp³-hybridized carbons (Fsp3) is 0. The first-order valence-corrected chi connectivity index (χ1v) is 5.35. The molecule has 0 heterocycles. The van der Waals surface area contributed by atoms with E-state index in [2.05, 4.69) is 13.2 Å². The van der Waals surface area contributed by atoms with E-state index >= 15 is 0 Å². The molecule has 17 heavy (non-hydrogen) atoms. The molecule has 0 saturated heterocycles. The summed E-state index contributed by atoms with van der Waals surface area (Å²) < 4.78 is 0. The van der Waals surface area contributed by atoms with Crippen molar-refractivity contribution in [2.75, 3.05) is 0 Å². The summed E-state index contributed by atoms with van der Waals surface area (Å²) in [5.74, 6) is 0.285. The van der Waals surface area contributed by atoms with Gasteiger partial charge in [0.25, 0.3) is 0 Å². The van der Waals surface area contributed by atoms with E-state index in [0.717, 1.165) is 5.56 Å². The van der Waals surface area contributed by atoms with E-state index in [0.29, 0.717) is 0 Å². The minimum atomic E-state index is 0.285. The van der Waals surface area contributed by atoms with Gasteiger partial charge in [0, 0.05) is 0 Å². The molecule has 1 N–H and O–H groups in total. The smallest absolute Gasteiger partial charge is 0.116 e. The minimum absolute atomic E-state index is 0.285. The first-order chi connectivity index (χ1) is 8.26. The quantitative estimate of drug-likeness (QED) is 0.803. The van der Waals surface area contributed by atoms with Gasteiger partial charge >= 0.3 is 0 Å². The van der Waals surface area contributed by atoms with Crippen LogP contribution < -0.4 is 0 Å². The monoisotopic (exact) mass is 224 g/mol. The van der Waals surface area contributed by atoms with Crippen LogP contribution in [0.15, 0.2) is 67.8 Å². The first-order valence-electron chi connectivity index (χ1n) is 5.35. The Kier molecular flexibility index (Phi) is 5.32. The second-order valence-corrected chi connectivity index (χ2v) is 3.41. The Morgan fingerprint density at radius 2 is 1.35 bits per heavy atom. The molecule has 0 saturated carbocycles. The highest BCUT2D eigenvalue weighted by Crippen LogP contribution is 2.10. The van der Waals surface area contributed by atoms with Crippen molar-refractivity contribution in [1.29, 1.82) is 0 Å². The van der Waals surface area contributed by atoms with Gasteiger partial charge < -0.3 is 5.11 Å². The molecule has 2 rings (SSSR count). The van der Waals surface area contributed by atoms with Crippen molar-refractivity contribution in [2.45, 2.75) is 0 Å². The van der Waals surface area contributed by atoms with E-state index in [-0.39, 0.29) is 5.75 Å². The standard InChI is InChI=1S/C8H8O.C8H8/c1-2-7-4-3-5-8(9)6-7;1-2-8-6-4-3-5-7-8/h2-6,9H,1H2;2-7H,1H2. The zero-order valence-corrected chi connectivity index (χ0v) is 9.71. The molecule has 0 spiro atoms. The fourth-order valence-electron chi connectivity index (χ4n) is 1.24. The van der Waals surface area contributed by atoms with Gasteiger partial charge in [-0.25, -0.2) is 0 Å². The van der Waals surface area contributed by atoms with Crippen LogP contribution in [-0.4, -0.2) is 5.11 Å². The third-order valence-corrected chi connectivity index (χ3v) is 2.14. The van der Waals surface area contributed by atoms with Crippen LogP contribution in [0.25, 0.3) is 12.2 Å². The van der Waals surface area contributed by atoms with Gasteiger partial charge in [-0.1, -0.05) is 67.8 Å². The zero-order chi connectivity index (χ0) is 12.5. The van der Waals surface area contributed by atoms with Gasteiger partial charge in [-0.15, -0.1) is 0 Å². The molecule has 1 nitrogen and oxygen atoms in total. The van der Waals surface area contributed by atoms with Crippen LogP contribution in [0.5, 0.6) is 5.75 Å². The van der Waals surface area contributed by atoms with Crippen molar-refractivity contribution in [2.24, 2.45) is 0 Å². The van der Waals surface area contributed by atoms with Crippen LogP contribution in [0.1, 0.15) is 11.1 Å². The van der Waals surface area contributed by atoms with Gasteiger partial charge in [0.15, 0.2) is 0 Å². The molecule has 0 radical (unpaired) electrons. The summed E-state index contributed by atoms with van der Waals surface area (Å²) in [6.45, 7) is 7.19. The number of rotatable bonds is 2. The third kappa shape index (κ3) is 4.85. The Morgan fingerprint density at radius 1 is 0.765 bits per heavy atom. The molecule has 0 aliphatic rings. The number of benzene rings is 2. The molecule has 0 aliphatic carbocycles. The van der Waals surface area contributed by atoms with E-state index in [1.54, 1.807) is 24.3 Å². The second-order valence-electron chi connectivity index (χ2n) is 3.41. The summed E-state index contributed by atoms with van der Waals surface area (Å²) in [5, 5.41) is 8.90. The van der Waals surface area contributed by atoms with Crippen LogP contribution >= 0.6 is 0 Å². The van der Waals surface area contributed by atoms with Crippen LogP contribution in [0, 0.1) is 0 Å². The predicted molar refractivity (Wildman–Crippen MR) is 74.7 cm³/mol. The highest BCUT2D eigenvalue weighted by molar-refractivity contribution is 5.49. The Morgan fingerprint density at radius 3 is 1.76 bits per heavy atom. The maximum absolute atomic E-state index is 8.90. The summed E-state index contributed by atoms with van der Waals surface area (Å²) in [7, 11) is 0. The summed E-state index contributed by atoms with van der Waals surface area (Å²) in [4.78, 5) is 0. The Labute approximate surface area is 102 Å². The summed E-state index contributed by atoms with van der Waals surface area (Å²) in [6, 6.07) is 17.0. The lowest BCUT2D eigenvalue weighted by molar-refractivity contribution is 0.475. The van der Waals surface area contributed by atoms with E-state index in [9.17, 15) is 0 Å². The topological polar surface area (TPSA) is 20.2 Å². The van der Waals surface area contributed by atoms with Crippen LogP contribution in [0.2, 0.25) is 0 Å². The Bertz CT molecular complexity index is 472. The maximum atomic E-state index is 8.90. The Balaban J connectivity index is 0.000000171. The van der Waals surface area contributed by atoms with Crippen LogP contribution in [-0.2, 0) is 0 Å². The van der Waals surface area contributed by atoms with Gasteiger partial charge in [-0.2, -0.15) is 0 Å². The molecule has 0 unspecified atom stereocenters. The van der Waals surface area contributed by atoms with E-state index < -0.39 is 0 Å². The van der Waals surface area contributed by atoms with Crippen LogP contribution in [0.3, 0.4) is 0 Å². The molecule has 0 fully saturated rings. The van der Waals surface area contributed by atoms with Crippen molar-refractivity contribution < 1.29 is 5.11 Å². The number of hydrogen-bond acceptors (Lipinski definition) is 1. The molecule has 2 aromatic rings. The normalized spacial score (nSPS) is 8.71. The fourth-order valence-corrected chi connectivity index (χ4v) is 1.24. The maximum Gasteiger partial charge on any atom is 0.116 e. The Hall–Kier alpha value is -2.28. The molecule has 1 heteroatoms. The molecule has 0 aliphatic heterocycles. The van der Waals surface area contributed by atoms with E-state index in [1.165, 1.54) is 5.56 Å². The lowest BCUT2D eigenvalue weighted by atomic mass is 10.2. The molecular formula is C16H16O. The van der Waals surface area contributed by atoms with Crippen molar-refractivity contribution in [3.05, 3.63) is 78.9 Å². The number of phenols is 1. The van der Waals surface area contributed by atoms with Gasteiger partial charge in [0.05, 0.1) is 0 Å². The molecule has 86 valence electrons. The summed E-state index contributed by atoms with van der Waals surface area (Å²) in [6.07, 6.45) is 3.53. The zero-order valence-electron chi connectivity index (χ0n) is 9.71. The minimum Gasteiger partial charge on any atom is -0.508 e. The number of aromatic hydroxyl groups is 1. The number of hydrogen-bond donors (Lipinski definition) is 1. The average Bonchev–Trinajstić information content (AvgIpc) is 2.40. The summed E-state index contributed by atoms with van der Waals surface area (Å²) >= 11 is 0. The highest BCUT2D eigenvalue weighted by atomic mass is 16.3. The van der Waals surface area contributed by atoms with Crippen molar-refractivity contribution in [3.63, 3.8) is 0 Å². The second kappa shape index (κ2) is 7.07. The van der Waals surface area contributed by atoms with Gasteiger partial charge in [-0.05, 0) is 23.3 Å². The SMILES string of the molecule is C=Cc1cccc(O)c1.C=Cc1ccccc1.